The Bertz CT molecular complexity index is 533. The molecule has 0 aromatic heterocycles. The summed E-state index contributed by atoms with van der Waals surface area (Å²) in [6.45, 7) is 7.14. The number of nitrogens with one attached hydrogen (secondary N) is 1. The summed E-state index contributed by atoms with van der Waals surface area (Å²) in [4.78, 5) is 0. The zero-order valence-electron chi connectivity index (χ0n) is 12.5. The maximum atomic E-state index is 6.08. The van der Waals surface area contributed by atoms with Gasteiger partial charge >= 0.3 is 0 Å². The summed E-state index contributed by atoms with van der Waals surface area (Å²) in [6.07, 6.45) is 1.16. The molecule has 1 unspecified atom stereocenters. The largest absolute Gasteiger partial charge is 0.488 e. The summed E-state index contributed by atoms with van der Waals surface area (Å²) >= 11 is 0. The molecule has 0 saturated carbocycles. The molecule has 0 spiro atoms. The highest BCUT2D eigenvalue weighted by molar-refractivity contribution is 5.44. The molecule has 20 heavy (non-hydrogen) atoms. The molecule has 2 nitrogen and oxygen atoms in total. The van der Waals surface area contributed by atoms with Gasteiger partial charge in [0, 0.05) is 5.69 Å². The van der Waals surface area contributed by atoms with Crippen molar-refractivity contribution in [1.82, 2.24) is 0 Å². The number of anilines is 1. The third-order valence-corrected chi connectivity index (χ3v) is 3.43. The Balaban J connectivity index is 1.92. The van der Waals surface area contributed by atoms with Gasteiger partial charge in [0.05, 0.1) is 6.54 Å². The quantitative estimate of drug-likeness (QED) is 0.829. The summed E-state index contributed by atoms with van der Waals surface area (Å²) in [6, 6.07) is 16.6. The summed E-state index contributed by atoms with van der Waals surface area (Å²) in [5.74, 6) is 0.977. The molecule has 0 bridgehead atoms. The van der Waals surface area contributed by atoms with E-state index < -0.39 is 0 Å². The first-order valence-electron chi connectivity index (χ1n) is 7.22. The molecule has 2 aromatic rings. The van der Waals surface area contributed by atoms with Gasteiger partial charge in [0.15, 0.2) is 0 Å². The molecule has 2 heteroatoms. The van der Waals surface area contributed by atoms with E-state index in [2.05, 4.69) is 56.4 Å². The van der Waals surface area contributed by atoms with Crippen LogP contribution in [0.1, 0.15) is 24.5 Å². The van der Waals surface area contributed by atoms with E-state index in [4.69, 9.17) is 4.74 Å². The van der Waals surface area contributed by atoms with E-state index in [9.17, 15) is 0 Å². The lowest BCUT2D eigenvalue weighted by Gasteiger charge is -2.20. The molecule has 0 aliphatic rings. The Morgan fingerprint density at radius 3 is 2.35 bits per heavy atom. The number of hydrogen-bond acceptors (Lipinski definition) is 2. The second-order valence-electron chi connectivity index (χ2n) is 5.16. The third-order valence-electron chi connectivity index (χ3n) is 3.43. The molecular weight excluding hydrogens is 246 g/mol. The number of benzene rings is 2. The van der Waals surface area contributed by atoms with Crippen LogP contribution < -0.4 is 10.1 Å². The fourth-order valence-corrected chi connectivity index (χ4v) is 2.04. The predicted molar refractivity (Wildman–Crippen MR) is 85.6 cm³/mol. The van der Waals surface area contributed by atoms with Crippen LogP contribution in [0, 0.1) is 13.8 Å². The Morgan fingerprint density at radius 1 is 1.00 bits per heavy atom. The van der Waals surface area contributed by atoms with Crippen molar-refractivity contribution in [2.75, 3.05) is 11.9 Å². The monoisotopic (exact) mass is 269 g/mol. The van der Waals surface area contributed by atoms with Crippen LogP contribution in [-0.2, 0) is 0 Å². The molecule has 1 atom stereocenters. The van der Waals surface area contributed by atoms with Gasteiger partial charge < -0.3 is 10.1 Å². The van der Waals surface area contributed by atoms with Crippen molar-refractivity contribution in [1.29, 1.82) is 0 Å². The van der Waals surface area contributed by atoms with Crippen LogP contribution in [-0.4, -0.2) is 12.6 Å². The predicted octanol–water partition coefficient (Wildman–Crippen LogP) is 4.57. The lowest BCUT2D eigenvalue weighted by atomic mass is 10.2. The molecule has 0 fully saturated rings. The molecule has 106 valence electrons. The fraction of sp³-hybridized carbons (Fsp3) is 0.333. The van der Waals surface area contributed by atoms with E-state index in [1.54, 1.807) is 0 Å². The molecule has 2 rings (SSSR count). The van der Waals surface area contributed by atoms with E-state index in [0.29, 0.717) is 0 Å². The minimum Gasteiger partial charge on any atom is -0.488 e. The molecular formula is C18H23NO. The second-order valence-corrected chi connectivity index (χ2v) is 5.16. The van der Waals surface area contributed by atoms with Gasteiger partial charge in [-0.05, 0) is 44.0 Å². The van der Waals surface area contributed by atoms with E-state index in [1.807, 2.05) is 18.2 Å². The van der Waals surface area contributed by atoms with Crippen LogP contribution in [0.3, 0.4) is 0 Å². The van der Waals surface area contributed by atoms with Crippen LogP contribution in [0.2, 0.25) is 0 Å². The summed E-state index contributed by atoms with van der Waals surface area (Å²) in [5.41, 5.74) is 3.60. The molecule has 0 amide bonds. The van der Waals surface area contributed by atoms with Crippen LogP contribution in [0.5, 0.6) is 5.75 Å². The number of hydrogen-bond donors (Lipinski definition) is 1. The van der Waals surface area contributed by atoms with Gasteiger partial charge in [0.2, 0.25) is 0 Å². The van der Waals surface area contributed by atoms with Crippen molar-refractivity contribution in [3.8, 4) is 5.75 Å². The van der Waals surface area contributed by atoms with Gasteiger partial charge in [0.1, 0.15) is 11.9 Å². The maximum Gasteiger partial charge on any atom is 0.122 e. The Kier molecular flexibility index (Phi) is 5.05. The Labute approximate surface area is 121 Å². The molecule has 0 aliphatic carbocycles. The summed E-state index contributed by atoms with van der Waals surface area (Å²) in [7, 11) is 0. The van der Waals surface area contributed by atoms with Crippen LogP contribution in [0.15, 0.2) is 48.5 Å². The molecule has 2 aromatic carbocycles. The standard InChI is InChI=1S/C18H23NO/c1-4-17(20-18-8-6-5-7-15(18)3)13-19-16-11-9-14(2)10-12-16/h5-12,17,19H,4,13H2,1-3H3. The molecule has 1 N–H and O–H groups in total. The van der Waals surface area contributed by atoms with Crippen LogP contribution in [0.4, 0.5) is 5.69 Å². The van der Waals surface area contributed by atoms with Gasteiger partial charge in [-0.25, -0.2) is 0 Å². The average Bonchev–Trinajstić information content (AvgIpc) is 2.47. The van der Waals surface area contributed by atoms with Crippen molar-refractivity contribution >= 4 is 5.69 Å². The highest BCUT2D eigenvalue weighted by Crippen LogP contribution is 2.19. The molecule has 0 saturated heterocycles. The van der Waals surface area contributed by atoms with Gasteiger partial charge in [-0.15, -0.1) is 0 Å². The fourth-order valence-electron chi connectivity index (χ4n) is 2.04. The first kappa shape index (κ1) is 14.4. The van der Waals surface area contributed by atoms with Crippen molar-refractivity contribution in [3.63, 3.8) is 0 Å². The number of para-hydroxylation sites is 1. The Hall–Kier alpha value is -1.96. The molecule has 0 heterocycles. The number of rotatable bonds is 6. The smallest absolute Gasteiger partial charge is 0.122 e. The second kappa shape index (κ2) is 6.99. The zero-order chi connectivity index (χ0) is 14.4. The van der Waals surface area contributed by atoms with Crippen LogP contribution >= 0.6 is 0 Å². The third kappa shape index (κ3) is 4.02. The van der Waals surface area contributed by atoms with Gasteiger partial charge in [-0.2, -0.15) is 0 Å². The number of ether oxygens (including phenoxy) is 1. The first-order valence-corrected chi connectivity index (χ1v) is 7.22. The SMILES string of the molecule is CCC(CNc1ccc(C)cc1)Oc1ccccc1C. The minimum atomic E-state index is 0.178. The van der Waals surface area contributed by atoms with Gasteiger partial charge in [-0.1, -0.05) is 42.8 Å². The summed E-state index contributed by atoms with van der Waals surface area (Å²) in [5, 5.41) is 3.44. The highest BCUT2D eigenvalue weighted by atomic mass is 16.5. The minimum absolute atomic E-state index is 0.178. The summed E-state index contributed by atoms with van der Waals surface area (Å²) < 4.78 is 6.08. The normalized spacial score (nSPS) is 11.9. The lowest BCUT2D eigenvalue weighted by Crippen LogP contribution is -2.25. The van der Waals surface area contributed by atoms with Crippen LogP contribution in [0.25, 0.3) is 0 Å². The lowest BCUT2D eigenvalue weighted by molar-refractivity contribution is 0.208. The average molecular weight is 269 g/mol. The van der Waals surface area contributed by atoms with E-state index in [0.717, 1.165) is 24.4 Å². The van der Waals surface area contributed by atoms with Crippen molar-refractivity contribution in [3.05, 3.63) is 59.7 Å². The first-order chi connectivity index (χ1) is 9.69. The maximum absolute atomic E-state index is 6.08. The van der Waals surface area contributed by atoms with Crippen molar-refractivity contribution in [2.24, 2.45) is 0 Å². The van der Waals surface area contributed by atoms with E-state index in [1.165, 1.54) is 11.1 Å². The molecule has 0 aliphatic heterocycles. The van der Waals surface area contributed by atoms with E-state index >= 15 is 0 Å². The Morgan fingerprint density at radius 2 is 1.70 bits per heavy atom. The van der Waals surface area contributed by atoms with Crippen molar-refractivity contribution in [2.45, 2.75) is 33.3 Å². The highest BCUT2D eigenvalue weighted by Gasteiger charge is 2.09. The van der Waals surface area contributed by atoms with Gasteiger partial charge in [-0.3, -0.25) is 0 Å². The van der Waals surface area contributed by atoms with E-state index in [-0.39, 0.29) is 6.10 Å². The molecule has 0 radical (unpaired) electrons. The topological polar surface area (TPSA) is 21.3 Å². The zero-order valence-corrected chi connectivity index (χ0v) is 12.5. The van der Waals surface area contributed by atoms with Gasteiger partial charge in [0.25, 0.3) is 0 Å². The van der Waals surface area contributed by atoms with Crippen molar-refractivity contribution < 1.29 is 4.74 Å². The number of aryl methyl sites for hydroxylation is 2.